The monoisotopic (exact) mass is 633 g/mol. The molecular weight excluding hydrogens is 594 g/mol. The minimum absolute atomic E-state index is 0.0525. The Morgan fingerprint density at radius 3 is 2.38 bits per heavy atom. The van der Waals surface area contributed by atoms with E-state index in [-0.39, 0.29) is 30.9 Å². The van der Waals surface area contributed by atoms with Gasteiger partial charge < -0.3 is 29.3 Å². The Balaban J connectivity index is 1.43. The number of nitrogens with zero attached hydrogens (tertiary/aromatic N) is 3. The van der Waals surface area contributed by atoms with Gasteiger partial charge in [0.05, 0.1) is 34.8 Å². The predicted octanol–water partition coefficient (Wildman–Crippen LogP) is 4.69. The van der Waals surface area contributed by atoms with Gasteiger partial charge in [-0.05, 0) is 75.9 Å². The van der Waals surface area contributed by atoms with Crippen molar-refractivity contribution >= 4 is 40.7 Å². The smallest absolute Gasteiger partial charge is 0.253 e. The summed E-state index contributed by atoms with van der Waals surface area (Å²) in [5, 5.41) is 9.80. The zero-order valence-electron chi connectivity index (χ0n) is 25.9. The molecule has 1 unspecified atom stereocenters. The van der Waals surface area contributed by atoms with Crippen LogP contribution in [0.1, 0.15) is 38.7 Å². The molecule has 0 aliphatic carbocycles. The summed E-state index contributed by atoms with van der Waals surface area (Å²) in [5.41, 5.74) is -0.370. The van der Waals surface area contributed by atoms with Crippen molar-refractivity contribution in [1.82, 2.24) is 4.90 Å². The quantitative estimate of drug-likeness (QED) is 0.318. The maximum atomic E-state index is 14.7. The van der Waals surface area contributed by atoms with Gasteiger partial charge in [-0.25, -0.2) is 0 Å². The molecule has 0 aromatic heterocycles. The molecule has 10 heteroatoms. The predicted molar refractivity (Wildman–Crippen MR) is 172 cm³/mol. The maximum Gasteiger partial charge on any atom is 0.253 e. The second-order valence-corrected chi connectivity index (χ2v) is 12.8. The number of anilines is 2. The van der Waals surface area contributed by atoms with Gasteiger partial charge in [-0.3, -0.25) is 14.4 Å². The lowest BCUT2D eigenvalue weighted by Crippen LogP contribution is -2.56. The lowest BCUT2D eigenvalue weighted by Gasteiger charge is -2.37. The van der Waals surface area contributed by atoms with Crippen LogP contribution in [-0.4, -0.2) is 77.8 Å². The lowest BCUT2D eigenvalue weighted by molar-refractivity contribution is -0.144. The Morgan fingerprint density at radius 1 is 0.933 bits per heavy atom. The van der Waals surface area contributed by atoms with Gasteiger partial charge in [-0.2, -0.15) is 0 Å². The van der Waals surface area contributed by atoms with E-state index in [1.54, 1.807) is 20.8 Å². The highest BCUT2D eigenvalue weighted by Crippen LogP contribution is 2.58. The van der Waals surface area contributed by atoms with E-state index >= 15 is 0 Å². The van der Waals surface area contributed by atoms with Crippen LogP contribution in [0, 0.1) is 18.8 Å². The molecule has 0 saturated carbocycles. The first kappa shape index (κ1) is 31.3. The van der Waals surface area contributed by atoms with Crippen LogP contribution in [0.2, 0.25) is 5.02 Å². The van der Waals surface area contributed by atoms with Gasteiger partial charge in [0.25, 0.3) is 5.91 Å². The van der Waals surface area contributed by atoms with E-state index in [0.29, 0.717) is 61.1 Å². The average molecular weight is 634 g/mol. The Morgan fingerprint density at radius 2 is 1.67 bits per heavy atom. The fraction of sp³-hybridized carbons (Fsp3) is 0.457. The summed E-state index contributed by atoms with van der Waals surface area (Å²) in [6.07, 6.45) is 9.38. The van der Waals surface area contributed by atoms with E-state index in [1.807, 2.05) is 81.5 Å². The molecule has 0 bridgehead atoms. The molecule has 3 amide bonds. The molecule has 2 fully saturated rings. The molecule has 238 valence electrons. The van der Waals surface area contributed by atoms with Crippen molar-refractivity contribution in [2.45, 2.75) is 57.3 Å². The van der Waals surface area contributed by atoms with Crippen LogP contribution in [0.25, 0.3) is 0 Å². The second kappa shape index (κ2) is 12.3. The molecular formula is C35H40ClN3O6. The van der Waals surface area contributed by atoms with Gasteiger partial charge in [-0.15, -0.1) is 0 Å². The second-order valence-electron chi connectivity index (χ2n) is 12.3. The molecule has 0 radical (unpaired) electrons. The standard InChI is InChI=1S/C35H40ClN3O6/c1-4-44-25-15-13-24(14-16-25)37-20-9-17-34(3)27(31(37)41)28-32(42)39(19-6-5-7-22-40)30-33(43)38(21-10-18-35(28,30)45-34)29-23(2)11-8-12-26(29)36/h8-18,27-28,30,40H,4-7,19-22H2,1-3H3/t27-,28+,30?,34+,35+/m1/s1. The number of aliphatic hydroxyl groups excluding tert-OH is 1. The third kappa shape index (κ3) is 5.15. The highest BCUT2D eigenvalue weighted by Gasteiger charge is 2.74. The number of aliphatic hydroxyl groups is 1. The van der Waals surface area contributed by atoms with Crippen LogP contribution in [0.15, 0.2) is 66.8 Å². The number of hydrogen-bond donors (Lipinski definition) is 1. The summed E-state index contributed by atoms with van der Waals surface area (Å²) >= 11 is 6.66. The number of carbonyl (C=O) groups is 3. The first-order valence-electron chi connectivity index (χ1n) is 15.7. The van der Waals surface area contributed by atoms with Crippen LogP contribution in [-0.2, 0) is 19.1 Å². The zero-order chi connectivity index (χ0) is 31.9. The molecule has 1 N–H and O–H groups in total. The number of para-hydroxylation sites is 1. The van der Waals surface area contributed by atoms with E-state index in [9.17, 15) is 19.5 Å². The third-order valence-electron chi connectivity index (χ3n) is 9.53. The topological polar surface area (TPSA) is 99.6 Å². The summed E-state index contributed by atoms with van der Waals surface area (Å²) in [6, 6.07) is 11.8. The van der Waals surface area contributed by atoms with Crippen molar-refractivity contribution in [3.63, 3.8) is 0 Å². The minimum Gasteiger partial charge on any atom is -0.494 e. The molecule has 4 aliphatic heterocycles. The van der Waals surface area contributed by atoms with Gasteiger partial charge in [0.1, 0.15) is 17.4 Å². The van der Waals surface area contributed by atoms with Crippen molar-refractivity contribution in [3.05, 3.63) is 77.4 Å². The number of amides is 3. The number of fused-ring (bicyclic) bond motifs is 2. The van der Waals surface area contributed by atoms with Crippen molar-refractivity contribution in [2.75, 3.05) is 42.6 Å². The van der Waals surface area contributed by atoms with E-state index in [4.69, 9.17) is 21.1 Å². The lowest BCUT2D eigenvalue weighted by atomic mass is 9.74. The van der Waals surface area contributed by atoms with Gasteiger partial charge in [-0.1, -0.05) is 48.0 Å². The molecule has 4 aliphatic rings. The minimum atomic E-state index is -1.36. The Bertz CT molecular complexity index is 1520. The Hall–Kier alpha value is -3.66. The van der Waals surface area contributed by atoms with Crippen LogP contribution in [0.3, 0.4) is 0 Å². The van der Waals surface area contributed by atoms with Gasteiger partial charge in [0.15, 0.2) is 0 Å². The van der Waals surface area contributed by atoms with Crippen molar-refractivity contribution in [2.24, 2.45) is 11.8 Å². The molecule has 5 atom stereocenters. The molecule has 6 rings (SSSR count). The van der Waals surface area contributed by atoms with Crippen LogP contribution in [0.4, 0.5) is 11.4 Å². The molecule has 1 spiro atoms. The summed E-state index contributed by atoms with van der Waals surface area (Å²) in [5.74, 6) is -1.88. The van der Waals surface area contributed by atoms with Crippen molar-refractivity contribution in [3.8, 4) is 5.75 Å². The maximum absolute atomic E-state index is 14.7. The Labute approximate surface area is 269 Å². The van der Waals surface area contributed by atoms with Gasteiger partial charge in [0.2, 0.25) is 11.8 Å². The number of aryl methyl sites for hydroxylation is 1. The summed E-state index contributed by atoms with van der Waals surface area (Å²) in [4.78, 5) is 48.9. The van der Waals surface area contributed by atoms with Gasteiger partial charge >= 0.3 is 0 Å². The summed E-state index contributed by atoms with van der Waals surface area (Å²) in [7, 11) is 0. The zero-order valence-corrected chi connectivity index (χ0v) is 26.7. The number of likely N-dealkylation sites (tertiary alicyclic amines) is 1. The first-order chi connectivity index (χ1) is 21.7. The molecule has 2 aromatic carbocycles. The van der Waals surface area contributed by atoms with Crippen LogP contribution >= 0.6 is 11.6 Å². The third-order valence-corrected chi connectivity index (χ3v) is 9.84. The fourth-order valence-corrected chi connectivity index (χ4v) is 7.94. The van der Waals surface area contributed by atoms with Crippen molar-refractivity contribution < 1.29 is 29.0 Å². The van der Waals surface area contributed by atoms with E-state index < -0.39 is 29.1 Å². The molecule has 2 saturated heterocycles. The van der Waals surface area contributed by atoms with Gasteiger partial charge in [0, 0.05) is 31.9 Å². The van der Waals surface area contributed by atoms with E-state index in [2.05, 4.69) is 0 Å². The molecule has 2 aromatic rings. The molecule has 45 heavy (non-hydrogen) atoms. The number of benzene rings is 2. The average Bonchev–Trinajstić information content (AvgIpc) is 3.28. The number of carbonyl (C=O) groups excluding carboxylic acids is 3. The summed E-state index contributed by atoms with van der Waals surface area (Å²) < 4.78 is 12.6. The SMILES string of the molecule is CCOc1ccc(N2CC=C[C@]3(C)O[C@]45C=CCN(c6c(C)cccc6Cl)C(=O)C4N(CCCCCO)C(=O)[C@@H]5[C@@H]3C2=O)cc1. The molecule has 4 heterocycles. The molecule has 9 nitrogen and oxygen atoms in total. The normalized spacial score (nSPS) is 29.0. The highest BCUT2D eigenvalue weighted by molar-refractivity contribution is 6.34. The number of unbranched alkanes of at least 4 members (excludes halogenated alkanes) is 2. The van der Waals surface area contributed by atoms with E-state index in [1.165, 1.54) is 0 Å². The summed E-state index contributed by atoms with van der Waals surface area (Å²) in [6.45, 7) is 7.11. The number of hydrogen-bond acceptors (Lipinski definition) is 6. The number of ether oxygens (including phenoxy) is 2. The number of rotatable bonds is 9. The Kier molecular flexibility index (Phi) is 8.54. The fourth-order valence-electron chi connectivity index (χ4n) is 7.62. The largest absolute Gasteiger partial charge is 0.494 e. The van der Waals surface area contributed by atoms with Crippen LogP contribution in [0.5, 0.6) is 5.75 Å². The van der Waals surface area contributed by atoms with Crippen LogP contribution < -0.4 is 14.5 Å². The van der Waals surface area contributed by atoms with E-state index in [0.717, 1.165) is 5.56 Å². The number of halogens is 1. The van der Waals surface area contributed by atoms with Crippen molar-refractivity contribution in [1.29, 1.82) is 0 Å². The highest BCUT2D eigenvalue weighted by atomic mass is 35.5. The first-order valence-corrected chi connectivity index (χ1v) is 16.1.